The number of nitrogens with zero attached hydrogens (tertiary/aromatic N) is 2. The Labute approximate surface area is 91.2 Å². The van der Waals surface area contributed by atoms with Gasteiger partial charge in [0.05, 0.1) is 5.25 Å². The van der Waals surface area contributed by atoms with E-state index in [1.165, 1.54) is 7.11 Å². The first-order chi connectivity index (χ1) is 7.06. The predicted molar refractivity (Wildman–Crippen MR) is 56.8 cm³/mol. The summed E-state index contributed by atoms with van der Waals surface area (Å²) in [7, 11) is 1.47. The second-order valence-electron chi connectivity index (χ2n) is 3.26. The molecule has 1 aromatic rings. The number of aryl methyl sites for hydroxylation is 1. The highest BCUT2D eigenvalue weighted by Gasteiger charge is 2.25. The Bertz CT molecular complexity index is 342. The molecule has 0 fully saturated rings. The van der Waals surface area contributed by atoms with Gasteiger partial charge in [0.2, 0.25) is 0 Å². The van der Waals surface area contributed by atoms with Crippen LogP contribution in [0.15, 0.2) is 12.4 Å². The van der Waals surface area contributed by atoms with E-state index in [2.05, 4.69) is 9.97 Å². The largest absolute Gasteiger partial charge is 0.372 e. The molecular formula is C9H14N2O3S. The van der Waals surface area contributed by atoms with Crippen LogP contribution in [0, 0.1) is 6.92 Å². The normalized spacial score (nSPS) is 17.1. The second-order valence-corrected chi connectivity index (χ2v) is 4.55. The van der Waals surface area contributed by atoms with Crippen molar-refractivity contribution < 1.29 is 13.5 Å². The molecule has 0 aliphatic rings. The fourth-order valence-corrected chi connectivity index (χ4v) is 1.61. The van der Waals surface area contributed by atoms with E-state index in [4.69, 9.17) is 9.29 Å². The van der Waals surface area contributed by atoms with Crippen molar-refractivity contribution >= 4 is 11.1 Å². The topological polar surface area (TPSA) is 72.3 Å². The summed E-state index contributed by atoms with van der Waals surface area (Å²) < 4.78 is 25.0. The van der Waals surface area contributed by atoms with Gasteiger partial charge in [0.25, 0.3) is 0 Å². The lowest BCUT2D eigenvalue weighted by Crippen LogP contribution is -2.23. The minimum Gasteiger partial charge on any atom is -0.372 e. The number of ether oxygens (including phenoxy) is 1. The Hall–Kier alpha value is -0.850. The van der Waals surface area contributed by atoms with Crippen LogP contribution >= 0.6 is 0 Å². The number of hydrogen-bond acceptors (Lipinski definition) is 4. The van der Waals surface area contributed by atoms with Crippen LogP contribution in [-0.2, 0) is 15.8 Å². The van der Waals surface area contributed by atoms with Crippen LogP contribution < -0.4 is 0 Å². The zero-order chi connectivity index (χ0) is 11.4. The first kappa shape index (κ1) is 12.2. The summed E-state index contributed by atoms with van der Waals surface area (Å²) in [6.45, 7) is 3.49. The van der Waals surface area contributed by atoms with Crippen LogP contribution in [0.2, 0.25) is 0 Å². The standard InChI is InChI=1S/C9H14N2O3S/c1-6-4-10-9(11-5-6)8(14-3)7(2)15(12)13/h4-5,7-8H,1-3H3,(H,12,13). The summed E-state index contributed by atoms with van der Waals surface area (Å²) in [4.78, 5) is 8.14. The third kappa shape index (κ3) is 3.05. The van der Waals surface area contributed by atoms with Crippen molar-refractivity contribution in [2.75, 3.05) is 7.11 Å². The molecule has 6 heteroatoms. The summed E-state index contributed by atoms with van der Waals surface area (Å²) >= 11 is -1.95. The highest BCUT2D eigenvalue weighted by Crippen LogP contribution is 2.19. The molecule has 0 spiro atoms. The Kier molecular flexibility index (Phi) is 4.31. The van der Waals surface area contributed by atoms with Crippen molar-refractivity contribution in [3.05, 3.63) is 23.8 Å². The second kappa shape index (κ2) is 5.29. The molecule has 0 aliphatic carbocycles. The molecule has 1 N–H and O–H groups in total. The van der Waals surface area contributed by atoms with E-state index in [0.29, 0.717) is 5.82 Å². The molecule has 1 aromatic heterocycles. The third-order valence-corrected chi connectivity index (χ3v) is 2.94. The van der Waals surface area contributed by atoms with Crippen molar-refractivity contribution in [3.63, 3.8) is 0 Å². The average Bonchev–Trinajstić information content (AvgIpc) is 2.21. The molecule has 0 saturated carbocycles. The van der Waals surface area contributed by atoms with Crippen LogP contribution in [-0.4, -0.2) is 31.1 Å². The van der Waals surface area contributed by atoms with Gasteiger partial charge < -0.3 is 9.29 Å². The van der Waals surface area contributed by atoms with E-state index in [0.717, 1.165) is 5.56 Å². The first-order valence-electron chi connectivity index (χ1n) is 4.47. The van der Waals surface area contributed by atoms with Gasteiger partial charge in [0.1, 0.15) is 6.10 Å². The van der Waals surface area contributed by atoms with E-state index in [-0.39, 0.29) is 0 Å². The molecule has 0 aliphatic heterocycles. The molecule has 0 radical (unpaired) electrons. The van der Waals surface area contributed by atoms with E-state index in [1.807, 2.05) is 6.92 Å². The Morgan fingerprint density at radius 3 is 2.40 bits per heavy atom. The van der Waals surface area contributed by atoms with Crippen LogP contribution in [0.3, 0.4) is 0 Å². The van der Waals surface area contributed by atoms with Gasteiger partial charge in [0.15, 0.2) is 16.9 Å². The average molecular weight is 230 g/mol. The van der Waals surface area contributed by atoms with Crippen LogP contribution in [0.1, 0.15) is 24.4 Å². The van der Waals surface area contributed by atoms with E-state index >= 15 is 0 Å². The van der Waals surface area contributed by atoms with Crippen molar-refractivity contribution in [3.8, 4) is 0 Å². The van der Waals surface area contributed by atoms with Crippen molar-refractivity contribution in [2.45, 2.75) is 25.2 Å². The molecule has 1 heterocycles. The van der Waals surface area contributed by atoms with Gasteiger partial charge in [-0.05, 0) is 19.4 Å². The lowest BCUT2D eigenvalue weighted by atomic mass is 10.2. The first-order valence-corrected chi connectivity index (χ1v) is 5.64. The minimum atomic E-state index is -1.95. The summed E-state index contributed by atoms with van der Waals surface area (Å²) in [6.07, 6.45) is 2.75. The quantitative estimate of drug-likeness (QED) is 0.784. The molecule has 84 valence electrons. The van der Waals surface area contributed by atoms with Gasteiger partial charge in [-0.15, -0.1) is 0 Å². The van der Waals surface area contributed by atoms with Crippen LogP contribution in [0.5, 0.6) is 0 Å². The van der Waals surface area contributed by atoms with Gasteiger partial charge in [-0.3, -0.25) is 0 Å². The molecule has 0 aromatic carbocycles. The van der Waals surface area contributed by atoms with Crippen molar-refractivity contribution in [1.82, 2.24) is 9.97 Å². The zero-order valence-electron chi connectivity index (χ0n) is 8.88. The fourth-order valence-electron chi connectivity index (χ4n) is 1.16. The minimum absolute atomic E-state index is 0.429. The van der Waals surface area contributed by atoms with E-state index < -0.39 is 22.4 Å². The molecular weight excluding hydrogens is 216 g/mol. The van der Waals surface area contributed by atoms with E-state index in [9.17, 15) is 4.21 Å². The maximum Gasteiger partial charge on any atom is 0.158 e. The monoisotopic (exact) mass is 230 g/mol. The maximum atomic E-state index is 10.9. The smallest absolute Gasteiger partial charge is 0.158 e. The third-order valence-electron chi connectivity index (χ3n) is 2.05. The lowest BCUT2D eigenvalue weighted by Gasteiger charge is -2.18. The zero-order valence-corrected chi connectivity index (χ0v) is 9.69. The van der Waals surface area contributed by atoms with Gasteiger partial charge in [-0.25, -0.2) is 14.2 Å². The van der Waals surface area contributed by atoms with Gasteiger partial charge in [-0.1, -0.05) is 0 Å². The number of methoxy groups -OCH3 is 1. The highest BCUT2D eigenvalue weighted by atomic mass is 32.2. The number of hydrogen-bond donors (Lipinski definition) is 1. The highest BCUT2D eigenvalue weighted by molar-refractivity contribution is 7.79. The molecule has 3 atom stereocenters. The molecule has 0 amide bonds. The number of rotatable bonds is 4. The summed E-state index contributed by atoms with van der Waals surface area (Å²) in [5.74, 6) is 0.429. The summed E-state index contributed by atoms with van der Waals surface area (Å²) in [6, 6.07) is 0. The SMILES string of the molecule is COC(c1ncc(C)cn1)C(C)S(=O)O. The van der Waals surface area contributed by atoms with Gasteiger partial charge in [0, 0.05) is 19.5 Å². The molecule has 3 unspecified atom stereocenters. The molecule has 1 rings (SSSR count). The molecule has 0 bridgehead atoms. The fraction of sp³-hybridized carbons (Fsp3) is 0.556. The Morgan fingerprint density at radius 2 is 2.00 bits per heavy atom. The van der Waals surface area contributed by atoms with Gasteiger partial charge in [-0.2, -0.15) is 0 Å². The van der Waals surface area contributed by atoms with E-state index in [1.54, 1.807) is 19.3 Å². The molecule has 15 heavy (non-hydrogen) atoms. The summed E-state index contributed by atoms with van der Waals surface area (Å²) in [5.41, 5.74) is 0.936. The van der Waals surface area contributed by atoms with Crippen molar-refractivity contribution in [2.24, 2.45) is 0 Å². The van der Waals surface area contributed by atoms with Crippen LogP contribution in [0.25, 0.3) is 0 Å². The van der Waals surface area contributed by atoms with Crippen molar-refractivity contribution in [1.29, 1.82) is 0 Å². The Morgan fingerprint density at radius 1 is 1.47 bits per heavy atom. The number of aromatic nitrogens is 2. The van der Waals surface area contributed by atoms with Gasteiger partial charge >= 0.3 is 0 Å². The molecule has 5 nitrogen and oxygen atoms in total. The Balaban J connectivity index is 2.92. The molecule has 0 saturated heterocycles. The maximum absolute atomic E-state index is 10.9. The summed E-state index contributed by atoms with van der Waals surface area (Å²) in [5, 5.41) is -0.558. The lowest BCUT2D eigenvalue weighted by molar-refractivity contribution is 0.0945. The predicted octanol–water partition coefficient (Wildman–Crippen LogP) is 1.08. The van der Waals surface area contributed by atoms with Crippen LogP contribution in [0.4, 0.5) is 0 Å².